The lowest BCUT2D eigenvalue weighted by atomic mass is 10.1. The van der Waals surface area contributed by atoms with E-state index in [4.69, 9.17) is 4.42 Å². The van der Waals surface area contributed by atoms with E-state index in [0.29, 0.717) is 17.0 Å². The van der Waals surface area contributed by atoms with Gasteiger partial charge in [0.15, 0.2) is 5.76 Å². The molecule has 3 aromatic heterocycles. The van der Waals surface area contributed by atoms with Crippen molar-refractivity contribution in [2.45, 2.75) is 6.92 Å². The van der Waals surface area contributed by atoms with Crippen LogP contribution < -0.4 is 5.56 Å². The number of pyridine rings is 1. The smallest absolute Gasteiger partial charge is 0.279 e. The number of rotatable bonds is 3. The van der Waals surface area contributed by atoms with E-state index < -0.39 is 0 Å². The second kappa shape index (κ2) is 5.94. The maximum Gasteiger partial charge on any atom is 0.279 e. The van der Waals surface area contributed by atoms with Crippen LogP contribution in [0.2, 0.25) is 0 Å². The van der Waals surface area contributed by atoms with Crippen molar-refractivity contribution in [1.82, 2.24) is 14.3 Å². The number of aromatic nitrogens is 3. The molecule has 0 bridgehead atoms. The summed E-state index contributed by atoms with van der Waals surface area (Å²) in [6.45, 7) is 1.95. The zero-order valence-electron chi connectivity index (χ0n) is 14.0. The molecule has 0 aliphatic rings. The largest absolute Gasteiger partial charge is 0.463 e. The molecule has 0 fully saturated rings. The van der Waals surface area contributed by atoms with E-state index in [-0.39, 0.29) is 5.56 Å². The zero-order valence-corrected chi connectivity index (χ0v) is 14.0. The molecule has 0 unspecified atom stereocenters. The first-order chi connectivity index (χ1) is 12.2. The highest BCUT2D eigenvalue weighted by Gasteiger charge is 2.18. The van der Waals surface area contributed by atoms with Gasteiger partial charge in [-0.1, -0.05) is 18.2 Å². The predicted octanol–water partition coefficient (Wildman–Crippen LogP) is 3.81. The van der Waals surface area contributed by atoms with Crippen LogP contribution in [0.3, 0.4) is 0 Å². The highest BCUT2D eigenvalue weighted by molar-refractivity contribution is 5.70. The molecule has 0 N–H and O–H groups in total. The third kappa shape index (κ3) is 2.50. The second-order valence-corrected chi connectivity index (χ2v) is 5.84. The van der Waals surface area contributed by atoms with Gasteiger partial charge in [0.05, 0.1) is 17.5 Å². The predicted molar refractivity (Wildman–Crippen MR) is 96.7 cm³/mol. The molecule has 25 heavy (non-hydrogen) atoms. The number of hydrogen-bond donors (Lipinski definition) is 0. The average molecular weight is 331 g/mol. The van der Waals surface area contributed by atoms with E-state index in [2.05, 4.69) is 4.98 Å². The Bertz CT molecular complexity index is 1070. The molecule has 0 radical (unpaired) electrons. The highest BCUT2D eigenvalue weighted by atomic mass is 16.3. The Morgan fingerprint density at radius 1 is 1.04 bits per heavy atom. The molecular weight excluding hydrogens is 314 g/mol. The summed E-state index contributed by atoms with van der Waals surface area (Å²) in [5, 5.41) is 0. The van der Waals surface area contributed by atoms with E-state index >= 15 is 0 Å². The number of hydrogen-bond acceptors (Lipinski definition) is 3. The van der Waals surface area contributed by atoms with Gasteiger partial charge in [0, 0.05) is 18.9 Å². The van der Waals surface area contributed by atoms with Gasteiger partial charge in [-0.2, -0.15) is 0 Å². The molecule has 3 heterocycles. The van der Waals surface area contributed by atoms with Crippen molar-refractivity contribution in [3.63, 3.8) is 0 Å². The standard InChI is InChI=1S/C20H17N3O2/c1-14-19(15-10-11-21-17(13-15)18-9-6-12-25-18)20(24)23(22(14)2)16-7-4-3-5-8-16/h3-13H,1-2H3. The highest BCUT2D eigenvalue weighted by Crippen LogP contribution is 2.25. The van der Waals surface area contributed by atoms with Crippen LogP contribution in [0.1, 0.15) is 5.69 Å². The first kappa shape index (κ1) is 15.2. The van der Waals surface area contributed by atoms with Crippen molar-refractivity contribution in [2.24, 2.45) is 7.05 Å². The van der Waals surface area contributed by atoms with E-state index in [1.165, 1.54) is 0 Å². The van der Waals surface area contributed by atoms with E-state index in [0.717, 1.165) is 16.9 Å². The monoisotopic (exact) mass is 331 g/mol. The quantitative estimate of drug-likeness (QED) is 0.574. The maximum absolute atomic E-state index is 13.1. The minimum absolute atomic E-state index is 0.0530. The Morgan fingerprint density at radius 3 is 2.56 bits per heavy atom. The lowest BCUT2D eigenvalue weighted by Crippen LogP contribution is -2.20. The van der Waals surface area contributed by atoms with Crippen LogP contribution in [0.25, 0.3) is 28.3 Å². The van der Waals surface area contributed by atoms with Crippen LogP contribution in [0.5, 0.6) is 0 Å². The van der Waals surface area contributed by atoms with Crippen molar-refractivity contribution < 1.29 is 4.42 Å². The van der Waals surface area contributed by atoms with Crippen LogP contribution in [0.15, 0.2) is 76.3 Å². The normalized spacial score (nSPS) is 11.0. The van der Waals surface area contributed by atoms with E-state index in [1.807, 2.05) is 73.3 Å². The van der Waals surface area contributed by atoms with Crippen LogP contribution >= 0.6 is 0 Å². The minimum Gasteiger partial charge on any atom is -0.463 e. The molecule has 4 rings (SSSR count). The van der Waals surface area contributed by atoms with Crippen LogP contribution in [-0.2, 0) is 7.05 Å². The summed E-state index contributed by atoms with van der Waals surface area (Å²) < 4.78 is 8.97. The Labute approximate surface area is 144 Å². The van der Waals surface area contributed by atoms with Gasteiger partial charge in [0.1, 0.15) is 5.69 Å². The fourth-order valence-electron chi connectivity index (χ4n) is 3.05. The van der Waals surface area contributed by atoms with Gasteiger partial charge in [-0.3, -0.25) is 14.5 Å². The first-order valence-corrected chi connectivity index (χ1v) is 8.01. The lowest BCUT2D eigenvalue weighted by molar-refractivity contribution is 0.580. The lowest BCUT2D eigenvalue weighted by Gasteiger charge is -2.07. The zero-order chi connectivity index (χ0) is 17.4. The summed E-state index contributed by atoms with van der Waals surface area (Å²) in [5.74, 6) is 0.679. The minimum atomic E-state index is -0.0530. The molecule has 0 saturated heterocycles. The van der Waals surface area contributed by atoms with Gasteiger partial charge in [0.2, 0.25) is 0 Å². The van der Waals surface area contributed by atoms with Gasteiger partial charge in [-0.15, -0.1) is 0 Å². The fraction of sp³-hybridized carbons (Fsp3) is 0.100. The summed E-state index contributed by atoms with van der Waals surface area (Å²) in [4.78, 5) is 17.5. The summed E-state index contributed by atoms with van der Waals surface area (Å²) >= 11 is 0. The van der Waals surface area contributed by atoms with Gasteiger partial charge >= 0.3 is 0 Å². The van der Waals surface area contributed by atoms with E-state index in [1.54, 1.807) is 17.1 Å². The molecule has 0 saturated carbocycles. The Balaban J connectivity index is 1.91. The molecule has 0 aliphatic heterocycles. The average Bonchev–Trinajstić information content (AvgIpc) is 3.24. The van der Waals surface area contributed by atoms with Gasteiger partial charge in [-0.05, 0) is 48.9 Å². The third-order valence-electron chi connectivity index (χ3n) is 4.38. The van der Waals surface area contributed by atoms with Crippen molar-refractivity contribution in [2.75, 3.05) is 0 Å². The molecular formula is C20H17N3O2. The van der Waals surface area contributed by atoms with E-state index in [9.17, 15) is 4.79 Å². The molecule has 0 spiro atoms. The summed E-state index contributed by atoms with van der Waals surface area (Å²) in [7, 11) is 1.89. The SMILES string of the molecule is Cc1c(-c2ccnc(-c3ccco3)c2)c(=O)n(-c2ccccc2)n1C. The van der Waals surface area contributed by atoms with Gasteiger partial charge < -0.3 is 4.42 Å². The third-order valence-corrected chi connectivity index (χ3v) is 4.38. The molecule has 1 aromatic carbocycles. The molecule has 4 aromatic rings. The van der Waals surface area contributed by atoms with Crippen molar-refractivity contribution in [1.29, 1.82) is 0 Å². The Morgan fingerprint density at radius 2 is 1.84 bits per heavy atom. The number of para-hydroxylation sites is 1. The maximum atomic E-state index is 13.1. The molecule has 0 amide bonds. The number of nitrogens with zero attached hydrogens (tertiary/aromatic N) is 3. The topological polar surface area (TPSA) is 53.0 Å². The molecule has 124 valence electrons. The Kier molecular flexibility index (Phi) is 3.61. The van der Waals surface area contributed by atoms with Crippen LogP contribution in [-0.4, -0.2) is 14.3 Å². The van der Waals surface area contributed by atoms with Crippen molar-refractivity contribution in [3.8, 4) is 28.3 Å². The fourth-order valence-corrected chi connectivity index (χ4v) is 3.05. The molecule has 0 atom stereocenters. The van der Waals surface area contributed by atoms with Crippen LogP contribution in [0.4, 0.5) is 0 Å². The Hall–Kier alpha value is -3.34. The molecule has 5 heteroatoms. The molecule has 0 aliphatic carbocycles. The summed E-state index contributed by atoms with van der Waals surface area (Å²) in [5.41, 5.74) is 3.88. The molecule has 5 nitrogen and oxygen atoms in total. The number of benzene rings is 1. The van der Waals surface area contributed by atoms with Crippen molar-refractivity contribution >= 4 is 0 Å². The summed E-state index contributed by atoms with van der Waals surface area (Å²) in [6, 6.07) is 17.0. The second-order valence-electron chi connectivity index (χ2n) is 5.84. The first-order valence-electron chi connectivity index (χ1n) is 8.01. The van der Waals surface area contributed by atoms with Crippen LogP contribution in [0, 0.1) is 6.92 Å². The van der Waals surface area contributed by atoms with Crippen molar-refractivity contribution in [3.05, 3.63) is 83.1 Å². The number of furan rings is 1. The summed E-state index contributed by atoms with van der Waals surface area (Å²) in [6.07, 6.45) is 3.31. The van der Waals surface area contributed by atoms with Gasteiger partial charge in [-0.25, -0.2) is 4.68 Å². The van der Waals surface area contributed by atoms with Gasteiger partial charge in [0.25, 0.3) is 5.56 Å².